The monoisotopic (exact) mass is 281 g/mol. The Labute approximate surface area is 105 Å². The first-order valence-corrected chi connectivity index (χ1v) is 6.69. The molecule has 0 aromatic heterocycles. The fourth-order valence-corrected chi connectivity index (χ4v) is 2.81. The predicted molar refractivity (Wildman–Crippen MR) is 68.9 cm³/mol. The van der Waals surface area contributed by atoms with E-state index in [1.807, 2.05) is 30.3 Å². The largest absolute Gasteiger partial charge is 0.348 e. The van der Waals surface area contributed by atoms with Gasteiger partial charge in [-0.3, -0.25) is 4.79 Å². The highest BCUT2D eigenvalue weighted by molar-refractivity contribution is 9.09. The van der Waals surface area contributed by atoms with Gasteiger partial charge in [0.1, 0.15) is 0 Å². The van der Waals surface area contributed by atoms with Crippen LogP contribution < -0.4 is 5.32 Å². The van der Waals surface area contributed by atoms with E-state index in [0.717, 1.165) is 18.4 Å². The van der Waals surface area contributed by atoms with E-state index in [2.05, 4.69) is 21.2 Å². The zero-order valence-electron chi connectivity index (χ0n) is 9.16. The normalized spacial score (nSPS) is 25.1. The van der Waals surface area contributed by atoms with Gasteiger partial charge in [-0.2, -0.15) is 0 Å². The standard InChI is InChI=1S/C13H16BrNO/c14-11-8-4-5-9-12(11)15-13(16)10-6-2-1-3-7-10/h1-3,6-7,11-12H,4-5,8-9H2,(H,15,16)/t11-,12+/m0/s1. The molecule has 1 aliphatic rings. The van der Waals surface area contributed by atoms with Gasteiger partial charge in [0.2, 0.25) is 0 Å². The van der Waals surface area contributed by atoms with E-state index in [9.17, 15) is 4.79 Å². The van der Waals surface area contributed by atoms with Crippen molar-refractivity contribution in [2.75, 3.05) is 0 Å². The molecular formula is C13H16BrNO. The van der Waals surface area contributed by atoms with Crippen LogP contribution in [-0.2, 0) is 0 Å². The molecule has 1 aromatic carbocycles. The molecule has 0 heterocycles. The third kappa shape index (κ3) is 2.85. The number of benzene rings is 1. The maximum Gasteiger partial charge on any atom is 0.251 e. The summed E-state index contributed by atoms with van der Waals surface area (Å²) in [6.07, 6.45) is 4.70. The van der Waals surface area contributed by atoms with Crippen LogP contribution in [0, 0.1) is 0 Å². The van der Waals surface area contributed by atoms with Gasteiger partial charge in [0.25, 0.3) is 5.91 Å². The molecule has 2 nitrogen and oxygen atoms in total. The van der Waals surface area contributed by atoms with E-state index < -0.39 is 0 Å². The summed E-state index contributed by atoms with van der Waals surface area (Å²) in [5.41, 5.74) is 0.743. The zero-order chi connectivity index (χ0) is 11.4. The Kier molecular flexibility index (Phi) is 3.99. The first-order chi connectivity index (χ1) is 7.77. The highest BCUT2D eigenvalue weighted by atomic mass is 79.9. The van der Waals surface area contributed by atoms with Gasteiger partial charge in [-0.05, 0) is 25.0 Å². The smallest absolute Gasteiger partial charge is 0.251 e. The molecule has 1 saturated carbocycles. The molecule has 0 saturated heterocycles. The van der Waals surface area contributed by atoms with Crippen molar-refractivity contribution in [2.45, 2.75) is 36.6 Å². The van der Waals surface area contributed by atoms with Crippen molar-refractivity contribution in [3.63, 3.8) is 0 Å². The Hall–Kier alpha value is -0.830. The Morgan fingerprint density at radius 2 is 1.88 bits per heavy atom. The molecule has 1 N–H and O–H groups in total. The lowest BCUT2D eigenvalue weighted by atomic mass is 9.95. The number of carbonyl (C=O) groups is 1. The van der Waals surface area contributed by atoms with Crippen molar-refractivity contribution < 1.29 is 4.79 Å². The summed E-state index contributed by atoms with van der Waals surface area (Å²) >= 11 is 3.64. The van der Waals surface area contributed by atoms with Gasteiger partial charge >= 0.3 is 0 Å². The second-order valence-electron chi connectivity index (χ2n) is 4.25. The highest BCUT2D eigenvalue weighted by Crippen LogP contribution is 2.24. The maximum absolute atomic E-state index is 11.9. The minimum Gasteiger partial charge on any atom is -0.348 e. The van der Waals surface area contributed by atoms with E-state index in [1.54, 1.807) is 0 Å². The lowest BCUT2D eigenvalue weighted by molar-refractivity contribution is 0.0930. The lowest BCUT2D eigenvalue weighted by Gasteiger charge is -2.28. The third-order valence-electron chi connectivity index (χ3n) is 3.03. The second-order valence-corrected chi connectivity index (χ2v) is 5.42. The van der Waals surface area contributed by atoms with Gasteiger partial charge in [0.15, 0.2) is 0 Å². The van der Waals surface area contributed by atoms with Crippen LogP contribution in [0.5, 0.6) is 0 Å². The Balaban J connectivity index is 1.96. The molecule has 16 heavy (non-hydrogen) atoms. The number of nitrogens with one attached hydrogen (secondary N) is 1. The fourth-order valence-electron chi connectivity index (χ4n) is 2.09. The van der Waals surface area contributed by atoms with Crippen LogP contribution in [0.15, 0.2) is 30.3 Å². The van der Waals surface area contributed by atoms with E-state index in [0.29, 0.717) is 4.83 Å². The summed E-state index contributed by atoms with van der Waals surface area (Å²) in [6, 6.07) is 9.68. The SMILES string of the molecule is O=C(N[C@@H]1CCCC[C@@H]1Br)c1ccccc1. The van der Waals surface area contributed by atoms with Crippen LogP contribution in [-0.4, -0.2) is 16.8 Å². The number of halogens is 1. The van der Waals surface area contributed by atoms with Gasteiger partial charge in [-0.15, -0.1) is 0 Å². The van der Waals surface area contributed by atoms with Crippen molar-refractivity contribution in [3.05, 3.63) is 35.9 Å². The predicted octanol–water partition coefficient (Wildman–Crippen LogP) is 3.12. The summed E-state index contributed by atoms with van der Waals surface area (Å²) in [7, 11) is 0. The first kappa shape index (κ1) is 11.6. The number of hydrogen-bond donors (Lipinski definition) is 1. The van der Waals surface area contributed by atoms with Crippen LogP contribution in [0.25, 0.3) is 0 Å². The van der Waals surface area contributed by atoms with Crippen LogP contribution in [0.1, 0.15) is 36.0 Å². The summed E-state index contributed by atoms with van der Waals surface area (Å²) in [5, 5.41) is 3.10. The maximum atomic E-state index is 11.9. The molecule has 3 heteroatoms. The average Bonchev–Trinajstić information content (AvgIpc) is 2.33. The Bertz CT molecular complexity index is 352. The van der Waals surface area contributed by atoms with Gasteiger partial charge < -0.3 is 5.32 Å². The molecule has 1 aromatic rings. The highest BCUT2D eigenvalue weighted by Gasteiger charge is 2.24. The van der Waals surface area contributed by atoms with E-state index in [1.165, 1.54) is 12.8 Å². The molecule has 1 fully saturated rings. The first-order valence-electron chi connectivity index (χ1n) is 5.77. The molecule has 1 amide bonds. The van der Waals surface area contributed by atoms with E-state index in [4.69, 9.17) is 0 Å². The average molecular weight is 282 g/mol. The summed E-state index contributed by atoms with van der Waals surface area (Å²) in [4.78, 5) is 12.4. The molecule has 86 valence electrons. The molecule has 2 atom stereocenters. The number of amides is 1. The minimum atomic E-state index is 0.0388. The molecular weight excluding hydrogens is 266 g/mol. The summed E-state index contributed by atoms with van der Waals surface area (Å²) in [5.74, 6) is 0.0388. The van der Waals surface area contributed by atoms with Gasteiger partial charge in [0, 0.05) is 16.4 Å². The number of rotatable bonds is 2. The van der Waals surface area contributed by atoms with Crippen LogP contribution >= 0.6 is 15.9 Å². The third-order valence-corrected chi connectivity index (χ3v) is 4.13. The van der Waals surface area contributed by atoms with Crippen molar-refractivity contribution in [2.24, 2.45) is 0 Å². The molecule has 0 unspecified atom stereocenters. The van der Waals surface area contributed by atoms with Crippen molar-refractivity contribution in [3.8, 4) is 0 Å². The second kappa shape index (κ2) is 5.48. The van der Waals surface area contributed by atoms with Gasteiger partial charge in [0.05, 0.1) is 0 Å². The topological polar surface area (TPSA) is 29.1 Å². The molecule has 0 bridgehead atoms. The molecule has 2 rings (SSSR count). The van der Waals surface area contributed by atoms with Crippen LogP contribution in [0.4, 0.5) is 0 Å². The molecule has 0 spiro atoms. The van der Waals surface area contributed by atoms with E-state index in [-0.39, 0.29) is 11.9 Å². The van der Waals surface area contributed by atoms with Crippen LogP contribution in [0.3, 0.4) is 0 Å². The Morgan fingerprint density at radius 1 is 1.19 bits per heavy atom. The van der Waals surface area contributed by atoms with Crippen molar-refractivity contribution in [1.29, 1.82) is 0 Å². The van der Waals surface area contributed by atoms with Crippen LogP contribution in [0.2, 0.25) is 0 Å². The molecule has 0 radical (unpaired) electrons. The Morgan fingerprint density at radius 3 is 2.56 bits per heavy atom. The fraction of sp³-hybridized carbons (Fsp3) is 0.462. The number of hydrogen-bond acceptors (Lipinski definition) is 1. The van der Waals surface area contributed by atoms with Gasteiger partial charge in [-0.25, -0.2) is 0 Å². The molecule has 1 aliphatic carbocycles. The van der Waals surface area contributed by atoms with Crippen molar-refractivity contribution >= 4 is 21.8 Å². The van der Waals surface area contributed by atoms with Gasteiger partial charge in [-0.1, -0.05) is 47.0 Å². The zero-order valence-corrected chi connectivity index (χ0v) is 10.7. The summed E-state index contributed by atoms with van der Waals surface area (Å²) < 4.78 is 0. The number of carbonyl (C=O) groups excluding carboxylic acids is 1. The lowest BCUT2D eigenvalue weighted by Crippen LogP contribution is -2.42. The quantitative estimate of drug-likeness (QED) is 0.830. The number of alkyl halides is 1. The van der Waals surface area contributed by atoms with E-state index >= 15 is 0 Å². The van der Waals surface area contributed by atoms with Crippen molar-refractivity contribution in [1.82, 2.24) is 5.32 Å². The summed E-state index contributed by atoms with van der Waals surface area (Å²) in [6.45, 7) is 0. The minimum absolute atomic E-state index is 0.0388. The molecule has 0 aliphatic heterocycles.